The minimum atomic E-state index is 0.0149. The summed E-state index contributed by atoms with van der Waals surface area (Å²) in [4.78, 5) is 15.2. The molecular formula is C22H25NO2. The number of carbonyl (C=O) groups is 1. The first kappa shape index (κ1) is 16.2. The number of aromatic hydroxyl groups is 1. The fraction of sp³-hybridized carbons (Fsp3) is 0.409. The van der Waals surface area contributed by atoms with Crippen LogP contribution in [0.5, 0.6) is 5.75 Å². The monoisotopic (exact) mass is 335 g/mol. The Kier molecular flexibility index (Phi) is 3.64. The molecule has 0 unspecified atom stereocenters. The first-order chi connectivity index (χ1) is 11.9. The number of carbonyl (C=O) groups excluding carboxylic acids is 1. The molecule has 3 heteroatoms. The van der Waals surface area contributed by atoms with Gasteiger partial charge >= 0.3 is 0 Å². The molecule has 2 aromatic rings. The summed E-state index contributed by atoms with van der Waals surface area (Å²) < 4.78 is 0. The standard InChI is InChI=1S/C22H25NO2/c1-14-4-6-16(7-5-14)21(25)23-11-10-22(3)15(2)20(23)12-17-8-9-18(24)13-19(17)22/h4-9,13,15,20,24H,10-12H2,1-3H3/t15-,20+,22+/m0/s1. The highest BCUT2D eigenvalue weighted by Gasteiger charge is 2.49. The van der Waals surface area contributed by atoms with Crippen LogP contribution in [-0.4, -0.2) is 28.5 Å². The van der Waals surface area contributed by atoms with Gasteiger partial charge in [-0.05, 0) is 66.5 Å². The molecule has 0 radical (unpaired) electrons. The zero-order chi connectivity index (χ0) is 17.8. The fourth-order valence-electron chi connectivity index (χ4n) is 4.72. The van der Waals surface area contributed by atoms with E-state index in [2.05, 4.69) is 18.7 Å². The van der Waals surface area contributed by atoms with E-state index in [1.165, 1.54) is 16.7 Å². The molecule has 25 heavy (non-hydrogen) atoms. The summed E-state index contributed by atoms with van der Waals surface area (Å²) in [7, 11) is 0. The Labute approximate surface area is 149 Å². The Hall–Kier alpha value is -2.29. The van der Waals surface area contributed by atoms with Gasteiger partial charge in [-0.1, -0.05) is 37.6 Å². The van der Waals surface area contributed by atoms with E-state index in [1.807, 2.05) is 43.3 Å². The van der Waals surface area contributed by atoms with Gasteiger partial charge in [0.15, 0.2) is 0 Å². The van der Waals surface area contributed by atoms with Gasteiger partial charge in [0.2, 0.25) is 0 Å². The van der Waals surface area contributed by atoms with Crippen LogP contribution in [0.2, 0.25) is 0 Å². The van der Waals surface area contributed by atoms with Crippen molar-refractivity contribution in [3.8, 4) is 5.75 Å². The largest absolute Gasteiger partial charge is 0.508 e. The minimum absolute atomic E-state index is 0.0149. The molecule has 1 saturated heterocycles. The van der Waals surface area contributed by atoms with E-state index in [0.717, 1.165) is 24.9 Å². The van der Waals surface area contributed by atoms with Crippen molar-refractivity contribution < 1.29 is 9.90 Å². The Balaban J connectivity index is 1.70. The molecule has 1 N–H and O–H groups in total. The van der Waals surface area contributed by atoms with E-state index < -0.39 is 0 Å². The van der Waals surface area contributed by atoms with Crippen molar-refractivity contribution >= 4 is 5.91 Å². The summed E-state index contributed by atoms with van der Waals surface area (Å²) >= 11 is 0. The van der Waals surface area contributed by atoms with Crippen molar-refractivity contribution in [3.63, 3.8) is 0 Å². The topological polar surface area (TPSA) is 40.5 Å². The van der Waals surface area contributed by atoms with E-state index in [1.54, 1.807) is 6.07 Å². The van der Waals surface area contributed by atoms with E-state index in [4.69, 9.17) is 0 Å². The van der Waals surface area contributed by atoms with Crippen molar-refractivity contribution in [3.05, 3.63) is 64.7 Å². The molecule has 0 spiro atoms. The first-order valence-electron chi connectivity index (χ1n) is 9.10. The molecule has 0 saturated carbocycles. The van der Waals surface area contributed by atoms with Gasteiger partial charge in [-0.25, -0.2) is 0 Å². The summed E-state index contributed by atoms with van der Waals surface area (Å²) in [6.07, 6.45) is 1.79. The van der Waals surface area contributed by atoms with Crippen LogP contribution in [-0.2, 0) is 11.8 Å². The molecule has 2 aliphatic rings. The Bertz CT molecular complexity index is 826. The SMILES string of the molecule is Cc1ccc(C(=O)N2CC[C@@]3(C)c4cc(O)ccc4C[C@@H]2[C@@H]3C)cc1. The molecular weight excluding hydrogens is 310 g/mol. The second kappa shape index (κ2) is 5.62. The number of likely N-dealkylation sites (tertiary alicyclic amines) is 1. The molecule has 2 aromatic carbocycles. The van der Waals surface area contributed by atoms with Crippen LogP contribution < -0.4 is 0 Å². The number of aryl methyl sites for hydroxylation is 1. The van der Waals surface area contributed by atoms with Gasteiger partial charge in [0.1, 0.15) is 5.75 Å². The zero-order valence-electron chi connectivity index (χ0n) is 15.1. The molecule has 1 aliphatic carbocycles. The quantitative estimate of drug-likeness (QED) is 0.853. The number of hydrogen-bond acceptors (Lipinski definition) is 2. The fourth-order valence-corrected chi connectivity index (χ4v) is 4.72. The number of benzene rings is 2. The number of phenolic OH excluding ortho intramolecular Hbond substituents is 1. The number of hydrogen-bond donors (Lipinski definition) is 1. The van der Waals surface area contributed by atoms with Gasteiger partial charge in [0.25, 0.3) is 5.91 Å². The molecule has 1 aliphatic heterocycles. The van der Waals surface area contributed by atoms with Crippen molar-refractivity contribution in [2.24, 2.45) is 5.92 Å². The smallest absolute Gasteiger partial charge is 0.254 e. The van der Waals surface area contributed by atoms with Gasteiger partial charge in [-0.3, -0.25) is 4.79 Å². The van der Waals surface area contributed by atoms with Gasteiger partial charge < -0.3 is 10.0 Å². The number of fused-ring (bicyclic) bond motifs is 4. The molecule has 130 valence electrons. The average molecular weight is 335 g/mol. The van der Waals surface area contributed by atoms with Crippen LogP contribution in [0, 0.1) is 12.8 Å². The molecule has 0 aromatic heterocycles. The predicted octanol–water partition coefficient (Wildman–Crippen LogP) is 4.07. The van der Waals surface area contributed by atoms with Crippen LogP contribution >= 0.6 is 0 Å². The molecule has 2 bridgehead atoms. The Morgan fingerprint density at radius 2 is 1.92 bits per heavy atom. The summed E-state index contributed by atoms with van der Waals surface area (Å²) in [5.41, 5.74) is 4.49. The van der Waals surface area contributed by atoms with Crippen LogP contribution in [0.25, 0.3) is 0 Å². The van der Waals surface area contributed by atoms with Crippen LogP contribution in [0.15, 0.2) is 42.5 Å². The normalized spacial score (nSPS) is 27.7. The van der Waals surface area contributed by atoms with E-state index in [0.29, 0.717) is 11.7 Å². The van der Waals surface area contributed by atoms with Crippen molar-refractivity contribution in [2.75, 3.05) is 6.54 Å². The average Bonchev–Trinajstić information content (AvgIpc) is 2.59. The maximum Gasteiger partial charge on any atom is 0.254 e. The number of amides is 1. The highest BCUT2D eigenvalue weighted by Crippen LogP contribution is 2.49. The maximum atomic E-state index is 13.1. The Morgan fingerprint density at radius 3 is 2.64 bits per heavy atom. The lowest BCUT2D eigenvalue weighted by molar-refractivity contribution is 0.0250. The van der Waals surface area contributed by atoms with Crippen molar-refractivity contribution in [2.45, 2.75) is 45.1 Å². The second-order valence-electron chi connectivity index (χ2n) is 7.93. The predicted molar refractivity (Wildman–Crippen MR) is 98.9 cm³/mol. The molecule has 1 fully saturated rings. The Morgan fingerprint density at radius 1 is 1.20 bits per heavy atom. The lowest BCUT2D eigenvalue weighted by Gasteiger charge is -2.54. The third kappa shape index (κ3) is 2.45. The highest BCUT2D eigenvalue weighted by molar-refractivity contribution is 5.94. The molecule has 3 atom stereocenters. The number of piperidine rings is 1. The maximum absolute atomic E-state index is 13.1. The van der Waals surface area contributed by atoms with Gasteiger partial charge in [0.05, 0.1) is 0 Å². The van der Waals surface area contributed by atoms with E-state index in [9.17, 15) is 9.90 Å². The second-order valence-corrected chi connectivity index (χ2v) is 7.93. The molecule has 1 heterocycles. The highest BCUT2D eigenvalue weighted by atomic mass is 16.3. The number of phenols is 1. The zero-order valence-corrected chi connectivity index (χ0v) is 15.1. The molecule has 3 nitrogen and oxygen atoms in total. The summed E-state index contributed by atoms with van der Waals surface area (Å²) in [6, 6.07) is 13.8. The third-order valence-corrected chi connectivity index (χ3v) is 6.55. The minimum Gasteiger partial charge on any atom is -0.508 e. The van der Waals surface area contributed by atoms with E-state index in [-0.39, 0.29) is 17.4 Å². The van der Waals surface area contributed by atoms with Crippen LogP contribution in [0.3, 0.4) is 0 Å². The van der Waals surface area contributed by atoms with Gasteiger partial charge in [0, 0.05) is 18.2 Å². The molecule has 4 rings (SSSR count). The lowest BCUT2D eigenvalue weighted by atomic mass is 9.59. The summed E-state index contributed by atoms with van der Waals surface area (Å²) in [5.74, 6) is 0.842. The summed E-state index contributed by atoms with van der Waals surface area (Å²) in [6.45, 7) is 7.35. The van der Waals surface area contributed by atoms with Crippen molar-refractivity contribution in [1.82, 2.24) is 4.90 Å². The first-order valence-corrected chi connectivity index (χ1v) is 9.10. The van der Waals surface area contributed by atoms with Crippen LogP contribution in [0.4, 0.5) is 0 Å². The van der Waals surface area contributed by atoms with Gasteiger partial charge in [-0.15, -0.1) is 0 Å². The summed E-state index contributed by atoms with van der Waals surface area (Å²) in [5, 5.41) is 9.93. The molecule has 1 amide bonds. The van der Waals surface area contributed by atoms with Gasteiger partial charge in [-0.2, -0.15) is 0 Å². The van der Waals surface area contributed by atoms with Crippen molar-refractivity contribution in [1.29, 1.82) is 0 Å². The number of nitrogens with zero attached hydrogens (tertiary/aromatic N) is 1. The third-order valence-electron chi connectivity index (χ3n) is 6.55. The van der Waals surface area contributed by atoms with E-state index >= 15 is 0 Å². The van der Waals surface area contributed by atoms with Crippen LogP contribution in [0.1, 0.15) is 47.3 Å². The number of rotatable bonds is 1. The lowest BCUT2D eigenvalue weighted by Crippen LogP contribution is -2.59.